The maximum absolute atomic E-state index is 6.06. The fraction of sp³-hybridized carbons (Fsp3) is 0.133. The molecule has 0 saturated carbocycles. The van der Waals surface area contributed by atoms with Gasteiger partial charge in [-0.15, -0.1) is 10.2 Å². The van der Waals surface area contributed by atoms with Crippen molar-refractivity contribution in [1.82, 2.24) is 20.6 Å². The zero-order chi connectivity index (χ0) is 14.7. The van der Waals surface area contributed by atoms with Crippen LogP contribution >= 0.6 is 0 Å². The average molecular weight is 281 g/mol. The second kappa shape index (κ2) is 5.62. The summed E-state index contributed by atoms with van der Waals surface area (Å²) >= 11 is 0. The lowest BCUT2D eigenvalue weighted by Gasteiger charge is -2.08. The topological polar surface area (TPSA) is 89.7 Å². The molecule has 6 nitrogen and oxygen atoms in total. The van der Waals surface area contributed by atoms with Crippen LogP contribution in [0.25, 0.3) is 11.4 Å². The quantitative estimate of drug-likeness (QED) is 0.714. The molecule has 3 aromatic rings. The second-order valence-electron chi connectivity index (χ2n) is 4.67. The number of anilines is 1. The van der Waals surface area contributed by atoms with Crippen LogP contribution in [-0.4, -0.2) is 27.7 Å². The van der Waals surface area contributed by atoms with Crippen molar-refractivity contribution in [2.45, 2.75) is 6.42 Å². The molecule has 0 saturated heterocycles. The maximum atomic E-state index is 6.06. The Bertz CT molecular complexity index is 722. The van der Waals surface area contributed by atoms with Crippen molar-refractivity contribution in [3.63, 3.8) is 0 Å². The molecule has 0 aliphatic rings. The first-order valence-corrected chi connectivity index (χ1v) is 6.51. The number of ether oxygens (including phenoxy) is 1. The first-order valence-electron chi connectivity index (χ1n) is 6.51. The van der Waals surface area contributed by atoms with Crippen LogP contribution in [0.15, 0.2) is 42.5 Å². The standard InChI is InChI=1S/C15H15N5O/c1-21-13-5-2-10(3-6-13)8-12-9-11(4-7-14(12)16)15-17-19-20-18-15/h2-7,9H,8,16H2,1H3,(H,17,18,19,20). The average Bonchev–Trinajstić information content (AvgIpc) is 3.04. The molecule has 106 valence electrons. The van der Waals surface area contributed by atoms with Gasteiger partial charge in [0.25, 0.3) is 0 Å². The number of benzene rings is 2. The van der Waals surface area contributed by atoms with Crippen LogP contribution in [-0.2, 0) is 6.42 Å². The van der Waals surface area contributed by atoms with Crippen LogP contribution < -0.4 is 10.5 Å². The smallest absolute Gasteiger partial charge is 0.204 e. The Morgan fingerprint density at radius 3 is 2.62 bits per heavy atom. The lowest BCUT2D eigenvalue weighted by Crippen LogP contribution is -1.97. The third kappa shape index (κ3) is 2.84. The van der Waals surface area contributed by atoms with Crippen LogP contribution in [0.3, 0.4) is 0 Å². The highest BCUT2D eigenvalue weighted by atomic mass is 16.5. The van der Waals surface area contributed by atoms with E-state index in [1.165, 1.54) is 0 Å². The minimum absolute atomic E-state index is 0.561. The van der Waals surface area contributed by atoms with Crippen molar-refractivity contribution in [2.24, 2.45) is 0 Å². The fourth-order valence-electron chi connectivity index (χ4n) is 2.15. The third-order valence-corrected chi connectivity index (χ3v) is 3.30. The summed E-state index contributed by atoms with van der Waals surface area (Å²) in [4.78, 5) is 0. The first-order chi connectivity index (χ1) is 10.3. The van der Waals surface area contributed by atoms with Crippen LogP contribution in [0.5, 0.6) is 5.75 Å². The SMILES string of the molecule is COc1ccc(Cc2cc(-c3nn[nH]n3)ccc2N)cc1. The van der Waals surface area contributed by atoms with Crippen LogP contribution in [0.1, 0.15) is 11.1 Å². The minimum atomic E-state index is 0.561. The van der Waals surface area contributed by atoms with E-state index < -0.39 is 0 Å². The lowest BCUT2D eigenvalue weighted by molar-refractivity contribution is 0.414. The maximum Gasteiger partial charge on any atom is 0.204 e. The number of methoxy groups -OCH3 is 1. The van der Waals surface area contributed by atoms with Gasteiger partial charge < -0.3 is 10.5 Å². The number of hydrogen-bond donors (Lipinski definition) is 2. The summed E-state index contributed by atoms with van der Waals surface area (Å²) in [5.41, 5.74) is 9.89. The largest absolute Gasteiger partial charge is 0.497 e. The summed E-state index contributed by atoms with van der Waals surface area (Å²) in [6.07, 6.45) is 0.738. The number of tetrazole rings is 1. The summed E-state index contributed by atoms with van der Waals surface area (Å²) in [5, 5.41) is 14.0. The van der Waals surface area contributed by atoms with Crippen molar-refractivity contribution < 1.29 is 4.74 Å². The van der Waals surface area contributed by atoms with Gasteiger partial charge in [-0.2, -0.15) is 5.21 Å². The van der Waals surface area contributed by atoms with Crippen molar-refractivity contribution >= 4 is 5.69 Å². The number of H-pyrrole nitrogens is 1. The van der Waals surface area contributed by atoms with E-state index in [2.05, 4.69) is 20.6 Å². The highest BCUT2D eigenvalue weighted by molar-refractivity contribution is 5.62. The van der Waals surface area contributed by atoms with Gasteiger partial charge in [-0.05, 0) is 53.1 Å². The van der Waals surface area contributed by atoms with E-state index in [0.29, 0.717) is 5.82 Å². The van der Waals surface area contributed by atoms with E-state index in [1.54, 1.807) is 7.11 Å². The van der Waals surface area contributed by atoms with E-state index in [9.17, 15) is 0 Å². The Morgan fingerprint density at radius 1 is 1.14 bits per heavy atom. The number of hydrogen-bond acceptors (Lipinski definition) is 5. The highest BCUT2D eigenvalue weighted by Crippen LogP contribution is 2.23. The first kappa shape index (κ1) is 13.1. The molecule has 2 aromatic carbocycles. The number of nitrogens with zero attached hydrogens (tertiary/aromatic N) is 3. The van der Waals surface area contributed by atoms with Gasteiger partial charge in [0, 0.05) is 11.3 Å². The Hall–Kier alpha value is -2.89. The number of aromatic nitrogens is 4. The molecule has 0 radical (unpaired) electrons. The van der Waals surface area contributed by atoms with Gasteiger partial charge in [0.1, 0.15) is 5.75 Å². The number of nitrogens with one attached hydrogen (secondary N) is 1. The zero-order valence-corrected chi connectivity index (χ0v) is 11.6. The van der Waals surface area contributed by atoms with Gasteiger partial charge in [-0.1, -0.05) is 12.1 Å². The van der Waals surface area contributed by atoms with Crippen molar-refractivity contribution in [1.29, 1.82) is 0 Å². The molecular formula is C15H15N5O. The van der Waals surface area contributed by atoms with Gasteiger partial charge in [-0.3, -0.25) is 0 Å². The molecular weight excluding hydrogens is 266 g/mol. The summed E-state index contributed by atoms with van der Waals surface area (Å²) < 4.78 is 5.16. The molecule has 6 heteroatoms. The molecule has 0 aliphatic carbocycles. The number of nitrogens with two attached hydrogens (primary N) is 1. The van der Waals surface area contributed by atoms with Crippen LogP contribution in [0.2, 0.25) is 0 Å². The predicted molar refractivity (Wildman–Crippen MR) is 79.8 cm³/mol. The summed E-state index contributed by atoms with van der Waals surface area (Å²) in [7, 11) is 1.65. The molecule has 1 aromatic heterocycles. The molecule has 1 heterocycles. The number of aromatic amines is 1. The Morgan fingerprint density at radius 2 is 1.95 bits per heavy atom. The molecule has 0 fully saturated rings. The number of rotatable bonds is 4. The van der Waals surface area contributed by atoms with Crippen LogP contribution in [0.4, 0.5) is 5.69 Å². The van der Waals surface area contributed by atoms with Crippen LogP contribution in [0, 0.1) is 0 Å². The molecule has 0 unspecified atom stereocenters. The number of nitrogen functional groups attached to an aromatic ring is 1. The van der Waals surface area contributed by atoms with E-state index in [0.717, 1.165) is 34.5 Å². The van der Waals surface area contributed by atoms with Gasteiger partial charge >= 0.3 is 0 Å². The summed E-state index contributed by atoms with van der Waals surface area (Å²) in [6, 6.07) is 13.7. The predicted octanol–water partition coefficient (Wildman–Crippen LogP) is 2.05. The van der Waals surface area contributed by atoms with Gasteiger partial charge in [0.05, 0.1) is 7.11 Å². The van der Waals surface area contributed by atoms with E-state index in [-0.39, 0.29) is 0 Å². The minimum Gasteiger partial charge on any atom is -0.497 e. The molecule has 21 heavy (non-hydrogen) atoms. The summed E-state index contributed by atoms with van der Waals surface area (Å²) in [5.74, 6) is 1.40. The van der Waals surface area contributed by atoms with Crippen molar-refractivity contribution in [3.8, 4) is 17.1 Å². The molecule has 0 spiro atoms. The van der Waals surface area contributed by atoms with Gasteiger partial charge in [0.15, 0.2) is 0 Å². The molecule has 0 bridgehead atoms. The highest BCUT2D eigenvalue weighted by Gasteiger charge is 2.07. The van der Waals surface area contributed by atoms with E-state index >= 15 is 0 Å². The molecule has 0 atom stereocenters. The monoisotopic (exact) mass is 281 g/mol. The third-order valence-electron chi connectivity index (χ3n) is 3.30. The Balaban J connectivity index is 1.88. The second-order valence-corrected chi connectivity index (χ2v) is 4.67. The van der Waals surface area contributed by atoms with Crippen molar-refractivity contribution in [2.75, 3.05) is 12.8 Å². The normalized spacial score (nSPS) is 10.5. The Kier molecular flexibility index (Phi) is 3.51. The Labute approximate surface area is 122 Å². The van der Waals surface area contributed by atoms with Gasteiger partial charge in [0.2, 0.25) is 5.82 Å². The van der Waals surface area contributed by atoms with E-state index in [4.69, 9.17) is 10.5 Å². The molecule has 0 amide bonds. The van der Waals surface area contributed by atoms with E-state index in [1.807, 2.05) is 42.5 Å². The molecule has 0 aliphatic heterocycles. The van der Waals surface area contributed by atoms with Crippen molar-refractivity contribution in [3.05, 3.63) is 53.6 Å². The zero-order valence-electron chi connectivity index (χ0n) is 11.6. The summed E-state index contributed by atoms with van der Waals surface area (Å²) in [6.45, 7) is 0. The van der Waals surface area contributed by atoms with Gasteiger partial charge in [-0.25, -0.2) is 0 Å². The fourth-order valence-corrected chi connectivity index (χ4v) is 2.15. The lowest BCUT2D eigenvalue weighted by atomic mass is 10.0. The molecule has 3 N–H and O–H groups in total. The molecule has 3 rings (SSSR count).